The monoisotopic (exact) mass is 286 g/mol. The lowest BCUT2D eigenvalue weighted by Crippen LogP contribution is -2.37. The second-order valence-corrected chi connectivity index (χ2v) is 4.75. The molecular weight excluding hydrogens is 268 g/mol. The van der Waals surface area contributed by atoms with E-state index in [1.165, 1.54) is 0 Å². The van der Waals surface area contributed by atoms with Crippen LogP contribution >= 0.6 is 0 Å². The topological polar surface area (TPSA) is 67.4 Å². The average molecular weight is 286 g/mol. The van der Waals surface area contributed by atoms with Crippen LogP contribution in [0.2, 0.25) is 0 Å². The van der Waals surface area contributed by atoms with E-state index >= 15 is 0 Å². The van der Waals surface area contributed by atoms with Crippen molar-refractivity contribution >= 4 is 11.8 Å². The lowest BCUT2D eigenvalue weighted by atomic mass is 10.1. The van der Waals surface area contributed by atoms with Crippen LogP contribution in [0, 0.1) is 30.6 Å². The fourth-order valence-electron chi connectivity index (χ4n) is 1.58. The Morgan fingerprint density at radius 3 is 1.81 bits per heavy atom. The van der Waals surface area contributed by atoms with Gasteiger partial charge in [-0.2, -0.15) is 0 Å². The fraction of sp³-hybridized carbons (Fsp3) is 0.375. The Balaban J connectivity index is 2.77. The normalized spacial score (nSPS) is 17.0. The molecule has 0 saturated carbocycles. The van der Waals surface area contributed by atoms with E-state index in [1.807, 2.05) is 6.92 Å². The van der Waals surface area contributed by atoms with Crippen LogP contribution in [0.1, 0.15) is 20.8 Å². The van der Waals surface area contributed by atoms with E-state index in [-0.39, 0.29) is 17.4 Å². The van der Waals surface area contributed by atoms with Gasteiger partial charge < -0.3 is 15.4 Å². The van der Waals surface area contributed by atoms with E-state index in [2.05, 4.69) is 22.5 Å². The number of allylic oxidation sites excluding steroid dienone is 2. The standard InChI is InChI=1S/C16H18N2O3/c1-6-11(4)17-15(19)13-8-10(3)9-14(21-13)16(20)18-12(5)7-2/h1-2,8-12H,3-5H3,(H,17,19)(H,18,20)/t11-,12-/m0/s1. The van der Waals surface area contributed by atoms with Gasteiger partial charge in [-0.15, -0.1) is 12.8 Å². The predicted molar refractivity (Wildman–Crippen MR) is 79.3 cm³/mol. The Labute approximate surface area is 124 Å². The minimum absolute atomic E-state index is 0.0469. The molecule has 0 radical (unpaired) electrons. The van der Waals surface area contributed by atoms with Crippen molar-refractivity contribution in [3.8, 4) is 24.7 Å². The highest BCUT2D eigenvalue weighted by molar-refractivity contribution is 5.96. The number of amides is 2. The maximum Gasteiger partial charge on any atom is 0.287 e. The highest BCUT2D eigenvalue weighted by Gasteiger charge is 2.24. The smallest absolute Gasteiger partial charge is 0.287 e. The summed E-state index contributed by atoms with van der Waals surface area (Å²) >= 11 is 0. The van der Waals surface area contributed by atoms with Gasteiger partial charge in [-0.05, 0) is 26.0 Å². The van der Waals surface area contributed by atoms with Crippen molar-refractivity contribution in [1.29, 1.82) is 0 Å². The molecule has 0 saturated heterocycles. The first kappa shape index (κ1) is 16.4. The molecule has 0 aromatic rings. The number of terminal acetylenes is 2. The first-order chi connectivity index (χ1) is 9.87. The summed E-state index contributed by atoms with van der Waals surface area (Å²) in [6, 6.07) is -0.857. The zero-order chi connectivity index (χ0) is 16.0. The second kappa shape index (κ2) is 7.21. The molecule has 21 heavy (non-hydrogen) atoms. The fourth-order valence-corrected chi connectivity index (χ4v) is 1.58. The van der Waals surface area contributed by atoms with E-state index in [0.717, 1.165) is 0 Å². The summed E-state index contributed by atoms with van der Waals surface area (Å²) in [7, 11) is 0. The zero-order valence-corrected chi connectivity index (χ0v) is 12.3. The van der Waals surface area contributed by atoms with E-state index in [9.17, 15) is 9.59 Å². The largest absolute Gasteiger partial charge is 0.446 e. The number of rotatable bonds is 4. The first-order valence-electron chi connectivity index (χ1n) is 6.52. The Bertz CT molecular complexity index is 525. The van der Waals surface area contributed by atoms with Crippen molar-refractivity contribution in [2.24, 2.45) is 5.92 Å². The lowest BCUT2D eigenvalue weighted by molar-refractivity contribution is -0.123. The third-order valence-electron chi connectivity index (χ3n) is 2.69. The molecule has 1 heterocycles. The van der Waals surface area contributed by atoms with Gasteiger partial charge in [0.1, 0.15) is 0 Å². The molecule has 5 nitrogen and oxygen atoms in total. The second-order valence-electron chi connectivity index (χ2n) is 4.75. The molecule has 2 atom stereocenters. The van der Waals surface area contributed by atoms with E-state index in [0.29, 0.717) is 0 Å². The van der Waals surface area contributed by atoms with Crippen molar-refractivity contribution < 1.29 is 14.3 Å². The average Bonchev–Trinajstić information content (AvgIpc) is 2.45. The van der Waals surface area contributed by atoms with Crippen LogP contribution in [0.15, 0.2) is 23.7 Å². The molecule has 0 aromatic heterocycles. The summed E-state index contributed by atoms with van der Waals surface area (Å²) in [5, 5.41) is 5.14. The molecule has 2 amide bonds. The lowest BCUT2D eigenvalue weighted by Gasteiger charge is -2.20. The van der Waals surface area contributed by atoms with Gasteiger partial charge in [0.2, 0.25) is 0 Å². The number of hydrogen-bond donors (Lipinski definition) is 2. The zero-order valence-electron chi connectivity index (χ0n) is 12.3. The van der Waals surface area contributed by atoms with Gasteiger partial charge in [-0.3, -0.25) is 9.59 Å². The minimum atomic E-state index is -0.462. The van der Waals surface area contributed by atoms with Gasteiger partial charge in [0, 0.05) is 5.92 Å². The molecule has 1 rings (SSSR count). The SMILES string of the molecule is C#C[C@H](C)NC(=O)C1=CC(C)C=C(C(=O)N[C@@H](C)C#C)O1. The minimum Gasteiger partial charge on any atom is -0.446 e. The Kier molecular flexibility index (Phi) is 5.63. The van der Waals surface area contributed by atoms with Crippen molar-refractivity contribution in [3.05, 3.63) is 23.7 Å². The molecule has 0 fully saturated rings. The van der Waals surface area contributed by atoms with Crippen LogP contribution in [-0.4, -0.2) is 23.9 Å². The highest BCUT2D eigenvalue weighted by Crippen LogP contribution is 2.20. The summed E-state index contributed by atoms with van der Waals surface area (Å²) in [5.41, 5.74) is 0. The van der Waals surface area contributed by atoms with Gasteiger partial charge in [0.15, 0.2) is 11.5 Å². The molecular formula is C16H18N2O3. The quantitative estimate of drug-likeness (QED) is 0.747. The number of carbonyl (C=O) groups is 2. The molecule has 5 heteroatoms. The summed E-state index contributed by atoms with van der Waals surface area (Å²) in [6.07, 6.45) is 13.6. The first-order valence-corrected chi connectivity index (χ1v) is 6.52. The van der Waals surface area contributed by atoms with Gasteiger partial charge in [0.25, 0.3) is 11.8 Å². The summed E-state index contributed by atoms with van der Waals surface area (Å²) in [5.74, 6) is 3.81. The molecule has 0 unspecified atom stereocenters. The third-order valence-corrected chi connectivity index (χ3v) is 2.69. The van der Waals surface area contributed by atoms with Crippen LogP contribution in [0.4, 0.5) is 0 Å². The van der Waals surface area contributed by atoms with Crippen LogP contribution in [0.25, 0.3) is 0 Å². The predicted octanol–water partition coefficient (Wildman–Crippen LogP) is 0.696. The van der Waals surface area contributed by atoms with E-state index in [1.54, 1.807) is 26.0 Å². The van der Waals surface area contributed by atoms with Crippen molar-refractivity contribution in [1.82, 2.24) is 10.6 Å². The maximum atomic E-state index is 12.0. The van der Waals surface area contributed by atoms with Gasteiger partial charge in [0.05, 0.1) is 12.1 Å². The summed E-state index contributed by atoms with van der Waals surface area (Å²) in [4.78, 5) is 23.9. The van der Waals surface area contributed by atoms with Crippen molar-refractivity contribution in [3.63, 3.8) is 0 Å². The molecule has 0 bridgehead atoms. The van der Waals surface area contributed by atoms with E-state index < -0.39 is 23.9 Å². The number of carbonyl (C=O) groups excluding carboxylic acids is 2. The molecule has 110 valence electrons. The molecule has 0 spiro atoms. The highest BCUT2D eigenvalue weighted by atomic mass is 16.5. The van der Waals surface area contributed by atoms with Crippen LogP contribution in [0.5, 0.6) is 0 Å². The Morgan fingerprint density at radius 1 is 1.10 bits per heavy atom. The molecule has 0 aliphatic carbocycles. The van der Waals surface area contributed by atoms with Crippen LogP contribution in [-0.2, 0) is 14.3 Å². The number of nitrogens with one attached hydrogen (secondary N) is 2. The van der Waals surface area contributed by atoms with Gasteiger partial charge >= 0.3 is 0 Å². The molecule has 1 aliphatic heterocycles. The van der Waals surface area contributed by atoms with Gasteiger partial charge in [-0.25, -0.2) is 0 Å². The molecule has 1 aliphatic rings. The summed E-state index contributed by atoms with van der Waals surface area (Å²) < 4.78 is 5.33. The van der Waals surface area contributed by atoms with E-state index in [4.69, 9.17) is 17.6 Å². The molecule has 2 N–H and O–H groups in total. The maximum absolute atomic E-state index is 12.0. The van der Waals surface area contributed by atoms with Crippen LogP contribution in [0.3, 0.4) is 0 Å². The van der Waals surface area contributed by atoms with Crippen LogP contribution < -0.4 is 10.6 Å². The van der Waals surface area contributed by atoms with Crippen molar-refractivity contribution in [2.45, 2.75) is 32.9 Å². The number of hydrogen-bond acceptors (Lipinski definition) is 3. The number of ether oxygens (including phenoxy) is 1. The Morgan fingerprint density at radius 2 is 1.48 bits per heavy atom. The van der Waals surface area contributed by atoms with Gasteiger partial charge in [-0.1, -0.05) is 18.8 Å². The third kappa shape index (κ3) is 4.74. The summed E-state index contributed by atoms with van der Waals surface area (Å²) in [6.45, 7) is 5.17. The van der Waals surface area contributed by atoms with Crippen molar-refractivity contribution in [2.75, 3.05) is 0 Å². The molecule has 0 aromatic carbocycles. The Hall–Kier alpha value is -2.66.